The summed E-state index contributed by atoms with van der Waals surface area (Å²) in [5.41, 5.74) is 4.35. The van der Waals surface area contributed by atoms with Crippen LogP contribution in [0.25, 0.3) is 11.6 Å². The van der Waals surface area contributed by atoms with Gasteiger partial charge in [-0.05, 0) is 56.5 Å². The number of nitrogens with one attached hydrogen (secondary N) is 3. The lowest BCUT2D eigenvalue weighted by atomic mass is 10.0. The SMILES string of the molecule is Cc1[nH]c(/C=C2\C(=O)Nc3ccc(F)cc32)c(C)c1C(=O)NC1CCCC1. The second-order valence-corrected chi connectivity index (χ2v) is 7.32. The zero-order chi connectivity index (χ0) is 19.1. The maximum absolute atomic E-state index is 13.6. The molecule has 2 amide bonds. The van der Waals surface area contributed by atoms with Gasteiger partial charge in [0.2, 0.25) is 0 Å². The third-order valence-electron chi connectivity index (χ3n) is 5.45. The van der Waals surface area contributed by atoms with Crippen LogP contribution < -0.4 is 10.6 Å². The van der Waals surface area contributed by atoms with E-state index in [1.807, 2.05) is 13.8 Å². The molecule has 0 atom stereocenters. The third kappa shape index (κ3) is 3.16. The lowest BCUT2D eigenvalue weighted by Crippen LogP contribution is -2.33. The summed E-state index contributed by atoms with van der Waals surface area (Å²) in [7, 11) is 0. The van der Waals surface area contributed by atoms with Gasteiger partial charge < -0.3 is 15.6 Å². The monoisotopic (exact) mass is 367 g/mol. The van der Waals surface area contributed by atoms with Crippen LogP contribution in [0.3, 0.4) is 0 Å². The van der Waals surface area contributed by atoms with Gasteiger partial charge in [0.05, 0.1) is 11.1 Å². The van der Waals surface area contributed by atoms with E-state index in [1.165, 1.54) is 12.1 Å². The van der Waals surface area contributed by atoms with Crippen molar-refractivity contribution < 1.29 is 14.0 Å². The summed E-state index contributed by atoms with van der Waals surface area (Å²) in [4.78, 5) is 28.2. The van der Waals surface area contributed by atoms with Gasteiger partial charge in [0.1, 0.15) is 5.82 Å². The Morgan fingerprint density at radius 1 is 1.26 bits per heavy atom. The quantitative estimate of drug-likeness (QED) is 0.719. The predicted molar refractivity (Wildman–Crippen MR) is 103 cm³/mol. The zero-order valence-electron chi connectivity index (χ0n) is 15.4. The minimum atomic E-state index is -0.396. The van der Waals surface area contributed by atoms with Crippen LogP contribution in [0.5, 0.6) is 0 Å². The average Bonchev–Trinajstić information content (AvgIpc) is 3.29. The summed E-state index contributed by atoms with van der Waals surface area (Å²) in [6, 6.07) is 4.45. The van der Waals surface area contributed by atoms with Crippen molar-refractivity contribution in [3.63, 3.8) is 0 Å². The van der Waals surface area contributed by atoms with Crippen molar-refractivity contribution in [2.24, 2.45) is 0 Å². The Balaban J connectivity index is 1.68. The molecule has 2 aromatic rings. The van der Waals surface area contributed by atoms with E-state index in [-0.39, 0.29) is 17.9 Å². The first-order valence-corrected chi connectivity index (χ1v) is 9.27. The van der Waals surface area contributed by atoms with E-state index < -0.39 is 5.82 Å². The second kappa shape index (κ2) is 6.68. The van der Waals surface area contributed by atoms with Gasteiger partial charge in [-0.15, -0.1) is 0 Å². The number of rotatable bonds is 3. The number of hydrogen-bond acceptors (Lipinski definition) is 2. The van der Waals surface area contributed by atoms with Crippen LogP contribution in [0, 0.1) is 19.7 Å². The normalized spacial score (nSPS) is 18.0. The molecule has 6 heteroatoms. The van der Waals surface area contributed by atoms with Crippen molar-refractivity contribution in [2.45, 2.75) is 45.6 Å². The van der Waals surface area contributed by atoms with Crippen molar-refractivity contribution in [1.29, 1.82) is 0 Å². The first kappa shape index (κ1) is 17.5. The highest BCUT2D eigenvalue weighted by Crippen LogP contribution is 2.34. The summed E-state index contributed by atoms with van der Waals surface area (Å²) in [5.74, 6) is -0.758. The lowest BCUT2D eigenvalue weighted by Gasteiger charge is -2.12. The maximum atomic E-state index is 13.6. The number of aryl methyl sites for hydroxylation is 1. The van der Waals surface area contributed by atoms with E-state index in [0.29, 0.717) is 28.1 Å². The number of aromatic amines is 1. The van der Waals surface area contributed by atoms with Gasteiger partial charge in [-0.1, -0.05) is 12.8 Å². The van der Waals surface area contributed by atoms with Gasteiger partial charge in [0.25, 0.3) is 11.8 Å². The van der Waals surface area contributed by atoms with Crippen LogP contribution in [-0.2, 0) is 4.79 Å². The van der Waals surface area contributed by atoms with Crippen molar-refractivity contribution in [3.05, 3.63) is 52.1 Å². The molecule has 4 rings (SSSR count). The van der Waals surface area contributed by atoms with Crippen LogP contribution >= 0.6 is 0 Å². The number of amides is 2. The first-order valence-electron chi connectivity index (χ1n) is 9.27. The summed E-state index contributed by atoms with van der Waals surface area (Å²) in [6.07, 6.45) is 6.04. The topological polar surface area (TPSA) is 74.0 Å². The molecule has 1 aromatic carbocycles. The van der Waals surface area contributed by atoms with Crippen molar-refractivity contribution in [1.82, 2.24) is 10.3 Å². The van der Waals surface area contributed by atoms with Crippen LogP contribution in [0.1, 0.15) is 58.6 Å². The van der Waals surface area contributed by atoms with E-state index >= 15 is 0 Å². The van der Waals surface area contributed by atoms with Gasteiger partial charge in [-0.3, -0.25) is 9.59 Å². The molecule has 3 N–H and O–H groups in total. The molecular formula is C21H22FN3O2. The number of aromatic nitrogens is 1. The van der Waals surface area contributed by atoms with Gasteiger partial charge in [-0.25, -0.2) is 4.39 Å². The Labute approximate surface area is 157 Å². The van der Waals surface area contributed by atoms with Crippen molar-refractivity contribution in [3.8, 4) is 0 Å². The molecule has 0 radical (unpaired) electrons. The second-order valence-electron chi connectivity index (χ2n) is 7.32. The molecule has 2 heterocycles. The van der Waals surface area contributed by atoms with E-state index in [2.05, 4.69) is 15.6 Å². The van der Waals surface area contributed by atoms with Gasteiger partial charge in [0, 0.05) is 28.7 Å². The molecule has 1 saturated carbocycles. The average molecular weight is 367 g/mol. The summed E-state index contributed by atoms with van der Waals surface area (Å²) >= 11 is 0. The molecule has 1 aliphatic heterocycles. The maximum Gasteiger partial charge on any atom is 0.256 e. The van der Waals surface area contributed by atoms with Crippen molar-refractivity contribution >= 4 is 29.2 Å². The number of benzene rings is 1. The number of carbonyl (C=O) groups excluding carboxylic acids is 2. The summed E-state index contributed by atoms with van der Waals surface area (Å²) in [5, 5.41) is 5.85. The number of H-pyrrole nitrogens is 1. The molecule has 2 aliphatic rings. The number of halogens is 1. The smallest absolute Gasteiger partial charge is 0.256 e. The Morgan fingerprint density at radius 3 is 2.74 bits per heavy atom. The van der Waals surface area contributed by atoms with Crippen LogP contribution in [0.15, 0.2) is 18.2 Å². The van der Waals surface area contributed by atoms with E-state index in [0.717, 1.165) is 36.9 Å². The summed E-state index contributed by atoms with van der Waals surface area (Å²) < 4.78 is 13.6. The van der Waals surface area contributed by atoms with Crippen LogP contribution in [-0.4, -0.2) is 22.8 Å². The minimum absolute atomic E-state index is 0.0832. The molecule has 5 nitrogen and oxygen atoms in total. The standard InChI is InChI=1S/C21H22FN3O2/c1-11-18(10-16-15-9-13(22)7-8-17(15)25-20(16)26)23-12(2)19(11)21(27)24-14-5-3-4-6-14/h7-10,14,23H,3-6H2,1-2H3,(H,24,27)(H,25,26)/b16-10-. The van der Waals surface area contributed by atoms with Crippen molar-refractivity contribution in [2.75, 3.05) is 5.32 Å². The number of fused-ring (bicyclic) bond motifs is 1. The van der Waals surface area contributed by atoms with E-state index in [4.69, 9.17) is 0 Å². The lowest BCUT2D eigenvalue weighted by molar-refractivity contribution is -0.110. The highest BCUT2D eigenvalue weighted by molar-refractivity contribution is 6.34. The highest BCUT2D eigenvalue weighted by atomic mass is 19.1. The number of anilines is 1. The Hall–Kier alpha value is -2.89. The van der Waals surface area contributed by atoms with Gasteiger partial charge >= 0.3 is 0 Å². The largest absolute Gasteiger partial charge is 0.358 e. The minimum Gasteiger partial charge on any atom is -0.358 e. The molecular weight excluding hydrogens is 345 g/mol. The third-order valence-corrected chi connectivity index (χ3v) is 5.45. The molecule has 0 saturated heterocycles. The van der Waals surface area contributed by atoms with Crippen LogP contribution in [0.4, 0.5) is 10.1 Å². The Morgan fingerprint density at radius 2 is 2.00 bits per heavy atom. The summed E-state index contributed by atoms with van der Waals surface area (Å²) in [6.45, 7) is 3.71. The molecule has 27 heavy (non-hydrogen) atoms. The fraction of sp³-hybridized carbons (Fsp3) is 0.333. The predicted octanol–water partition coefficient (Wildman–Crippen LogP) is 3.94. The fourth-order valence-electron chi connectivity index (χ4n) is 4.03. The number of carbonyl (C=O) groups is 2. The molecule has 140 valence electrons. The van der Waals surface area contributed by atoms with Gasteiger partial charge in [-0.2, -0.15) is 0 Å². The molecule has 1 aliphatic carbocycles. The Kier molecular flexibility index (Phi) is 4.34. The molecule has 0 bridgehead atoms. The molecule has 1 fully saturated rings. The van der Waals surface area contributed by atoms with Gasteiger partial charge in [0.15, 0.2) is 0 Å². The highest BCUT2D eigenvalue weighted by Gasteiger charge is 2.26. The number of hydrogen-bond donors (Lipinski definition) is 3. The van der Waals surface area contributed by atoms with E-state index in [1.54, 1.807) is 12.1 Å². The first-order chi connectivity index (χ1) is 12.9. The zero-order valence-corrected chi connectivity index (χ0v) is 15.4. The molecule has 1 aromatic heterocycles. The van der Waals surface area contributed by atoms with Crippen LogP contribution in [0.2, 0.25) is 0 Å². The molecule has 0 unspecified atom stereocenters. The Bertz CT molecular complexity index is 968. The fourth-order valence-corrected chi connectivity index (χ4v) is 4.03. The molecule has 0 spiro atoms. The van der Waals surface area contributed by atoms with E-state index in [9.17, 15) is 14.0 Å².